The number of nitrogens with one attached hydrogen (secondary N) is 2. The average Bonchev–Trinajstić information content (AvgIpc) is 2.58. The molecule has 0 aromatic carbocycles. The topological polar surface area (TPSA) is 89.8 Å². The maximum absolute atomic E-state index is 10.5. The lowest BCUT2D eigenvalue weighted by atomic mass is 9.97. The molecule has 0 bridgehead atoms. The maximum Gasteiger partial charge on any atom is 0.350 e. The van der Waals surface area contributed by atoms with Gasteiger partial charge >= 0.3 is 5.97 Å². The lowest BCUT2D eigenvalue weighted by molar-refractivity contribution is -0.129. The Balaban J connectivity index is 2.86. The zero-order chi connectivity index (χ0) is 9.84. The normalized spacial score (nSPS) is 12.4. The van der Waals surface area contributed by atoms with E-state index < -0.39 is 5.97 Å². The molecular formula is C8H11N3O2. The molecule has 0 saturated heterocycles. The average molecular weight is 181 g/mol. The molecule has 0 fully saturated rings. The van der Waals surface area contributed by atoms with Gasteiger partial charge in [-0.15, -0.1) is 0 Å². The van der Waals surface area contributed by atoms with Crippen molar-refractivity contribution in [1.82, 2.24) is 9.97 Å². The number of carboxylic acids is 1. The van der Waals surface area contributed by atoms with E-state index in [4.69, 9.17) is 10.5 Å². The van der Waals surface area contributed by atoms with Gasteiger partial charge in [0.25, 0.3) is 0 Å². The van der Waals surface area contributed by atoms with Crippen molar-refractivity contribution in [2.24, 2.45) is 0 Å². The van der Waals surface area contributed by atoms with Crippen molar-refractivity contribution in [2.75, 3.05) is 0 Å². The van der Waals surface area contributed by atoms with Crippen LogP contribution >= 0.6 is 0 Å². The lowest BCUT2D eigenvalue weighted by Gasteiger charge is -2.10. The van der Waals surface area contributed by atoms with Gasteiger partial charge < -0.3 is 10.1 Å². The van der Waals surface area contributed by atoms with Crippen LogP contribution in [0.1, 0.15) is 25.0 Å². The fourth-order valence-corrected chi connectivity index (χ4v) is 1.19. The van der Waals surface area contributed by atoms with Crippen LogP contribution in [0, 0.1) is 5.41 Å². The van der Waals surface area contributed by atoms with Crippen LogP contribution in [0.4, 0.5) is 0 Å². The van der Waals surface area contributed by atoms with E-state index in [2.05, 4.69) is 9.97 Å². The quantitative estimate of drug-likeness (QED) is 0.605. The molecule has 1 aromatic rings. The number of hydrogen-bond acceptors (Lipinski definition) is 3. The van der Waals surface area contributed by atoms with E-state index in [0.717, 1.165) is 0 Å². The van der Waals surface area contributed by atoms with Crippen LogP contribution in [0.15, 0.2) is 12.5 Å². The van der Waals surface area contributed by atoms with Gasteiger partial charge in [-0.2, -0.15) is 0 Å². The summed E-state index contributed by atoms with van der Waals surface area (Å²) < 4.78 is 0. The molecular weight excluding hydrogens is 170 g/mol. The molecule has 0 aliphatic heterocycles. The molecule has 1 aromatic heterocycles. The molecule has 1 atom stereocenters. The predicted molar refractivity (Wildman–Crippen MR) is 47.0 cm³/mol. The first kappa shape index (κ1) is 9.44. The Labute approximate surface area is 75.3 Å². The van der Waals surface area contributed by atoms with E-state index in [9.17, 15) is 4.79 Å². The van der Waals surface area contributed by atoms with Crippen molar-refractivity contribution < 1.29 is 9.90 Å². The number of imidazole rings is 1. The van der Waals surface area contributed by atoms with Gasteiger partial charge in [0.2, 0.25) is 0 Å². The van der Waals surface area contributed by atoms with Crippen molar-refractivity contribution >= 4 is 11.7 Å². The van der Waals surface area contributed by atoms with Crippen molar-refractivity contribution in [1.29, 1.82) is 5.41 Å². The van der Waals surface area contributed by atoms with Crippen molar-refractivity contribution in [2.45, 2.75) is 19.3 Å². The minimum absolute atomic E-state index is 0.299. The molecule has 13 heavy (non-hydrogen) atoms. The number of rotatable bonds is 4. The third-order valence-corrected chi connectivity index (χ3v) is 1.88. The van der Waals surface area contributed by atoms with Crippen molar-refractivity contribution in [3.05, 3.63) is 18.2 Å². The summed E-state index contributed by atoms with van der Waals surface area (Å²) in [6, 6.07) is 0. The highest BCUT2D eigenvalue weighted by Crippen LogP contribution is 2.17. The van der Waals surface area contributed by atoms with E-state index in [1.807, 2.05) is 6.92 Å². The molecule has 5 heteroatoms. The summed E-state index contributed by atoms with van der Waals surface area (Å²) in [6.45, 7) is 1.84. The van der Waals surface area contributed by atoms with Gasteiger partial charge in [0, 0.05) is 17.8 Å². The monoisotopic (exact) mass is 181 g/mol. The summed E-state index contributed by atoms with van der Waals surface area (Å²) in [5, 5.41) is 16.0. The van der Waals surface area contributed by atoms with Gasteiger partial charge in [0.05, 0.1) is 6.33 Å². The van der Waals surface area contributed by atoms with Gasteiger partial charge in [-0.05, 0) is 6.42 Å². The highest BCUT2D eigenvalue weighted by molar-refractivity contribution is 6.36. The molecule has 1 unspecified atom stereocenters. The fourth-order valence-electron chi connectivity index (χ4n) is 1.19. The van der Waals surface area contributed by atoms with Gasteiger partial charge in [-0.3, -0.25) is 5.41 Å². The number of nitrogens with zero attached hydrogens (tertiary/aromatic N) is 1. The van der Waals surface area contributed by atoms with Gasteiger partial charge in [-0.1, -0.05) is 6.92 Å². The Kier molecular flexibility index (Phi) is 2.79. The van der Waals surface area contributed by atoms with E-state index in [1.165, 1.54) is 6.33 Å². The molecule has 1 rings (SSSR count). The first-order chi connectivity index (χ1) is 6.16. The van der Waals surface area contributed by atoms with E-state index in [-0.39, 0.29) is 11.6 Å². The SMILES string of the molecule is CCC(C(=N)C(=O)O)c1cnc[nH]1. The van der Waals surface area contributed by atoms with Crippen LogP contribution < -0.4 is 0 Å². The van der Waals surface area contributed by atoms with E-state index in [0.29, 0.717) is 12.1 Å². The molecule has 0 amide bonds. The number of aromatic amines is 1. The van der Waals surface area contributed by atoms with Crippen molar-refractivity contribution in [3.8, 4) is 0 Å². The lowest BCUT2D eigenvalue weighted by Crippen LogP contribution is -2.20. The van der Waals surface area contributed by atoms with Crippen LogP contribution in [0.2, 0.25) is 0 Å². The molecule has 1 heterocycles. The smallest absolute Gasteiger partial charge is 0.350 e. The van der Waals surface area contributed by atoms with Crippen LogP contribution in [0.5, 0.6) is 0 Å². The summed E-state index contributed by atoms with van der Waals surface area (Å²) in [6.07, 6.45) is 3.60. The number of hydrogen-bond donors (Lipinski definition) is 3. The molecule has 0 aliphatic carbocycles. The van der Waals surface area contributed by atoms with Crippen LogP contribution in [0.25, 0.3) is 0 Å². The fraction of sp³-hybridized carbons (Fsp3) is 0.375. The molecule has 0 aliphatic rings. The van der Waals surface area contributed by atoms with Gasteiger partial charge in [0.1, 0.15) is 5.71 Å². The minimum Gasteiger partial charge on any atom is -0.477 e. The Morgan fingerprint density at radius 1 is 1.85 bits per heavy atom. The summed E-state index contributed by atoms with van der Waals surface area (Å²) in [5.74, 6) is -1.57. The first-order valence-corrected chi connectivity index (χ1v) is 3.96. The molecule has 0 saturated carbocycles. The largest absolute Gasteiger partial charge is 0.477 e. The van der Waals surface area contributed by atoms with Crippen molar-refractivity contribution in [3.63, 3.8) is 0 Å². The Hall–Kier alpha value is -1.65. The number of aromatic nitrogens is 2. The van der Waals surface area contributed by atoms with Crippen LogP contribution in [0.3, 0.4) is 0 Å². The molecule has 70 valence electrons. The zero-order valence-corrected chi connectivity index (χ0v) is 7.24. The van der Waals surface area contributed by atoms with E-state index >= 15 is 0 Å². The summed E-state index contributed by atoms with van der Waals surface area (Å²) >= 11 is 0. The Morgan fingerprint density at radius 3 is 2.92 bits per heavy atom. The first-order valence-electron chi connectivity index (χ1n) is 3.96. The number of aliphatic carboxylic acids is 1. The molecule has 3 N–H and O–H groups in total. The van der Waals surface area contributed by atoms with Gasteiger partial charge in [0.15, 0.2) is 0 Å². The molecule has 5 nitrogen and oxygen atoms in total. The van der Waals surface area contributed by atoms with Gasteiger partial charge in [-0.25, -0.2) is 9.78 Å². The molecule has 0 spiro atoms. The van der Waals surface area contributed by atoms with Crippen LogP contribution in [-0.2, 0) is 4.79 Å². The number of carboxylic acid groups (broad SMARTS) is 1. The van der Waals surface area contributed by atoms with E-state index in [1.54, 1.807) is 6.20 Å². The summed E-state index contributed by atoms with van der Waals surface area (Å²) in [7, 11) is 0. The molecule has 0 radical (unpaired) electrons. The summed E-state index contributed by atoms with van der Waals surface area (Å²) in [4.78, 5) is 17.1. The Morgan fingerprint density at radius 2 is 2.54 bits per heavy atom. The third-order valence-electron chi connectivity index (χ3n) is 1.88. The Bertz CT molecular complexity index is 305. The predicted octanol–water partition coefficient (Wildman–Crippen LogP) is 1.01. The zero-order valence-electron chi connectivity index (χ0n) is 7.24. The highest BCUT2D eigenvalue weighted by atomic mass is 16.4. The highest BCUT2D eigenvalue weighted by Gasteiger charge is 2.21. The number of H-pyrrole nitrogens is 1. The van der Waals surface area contributed by atoms with Crippen LogP contribution in [-0.4, -0.2) is 26.8 Å². The third kappa shape index (κ3) is 1.93. The summed E-state index contributed by atoms with van der Waals surface area (Å²) in [5.41, 5.74) is 0.377. The number of carbonyl (C=O) groups is 1. The second kappa shape index (κ2) is 3.84. The standard InChI is InChI=1S/C8H11N3O2/c1-2-5(7(9)8(12)13)6-3-10-4-11-6/h3-5,9H,2H2,1H3,(H,10,11)(H,12,13). The second-order valence-electron chi connectivity index (χ2n) is 2.69. The maximum atomic E-state index is 10.5. The second-order valence-corrected chi connectivity index (χ2v) is 2.69. The minimum atomic E-state index is -1.18.